The van der Waals surface area contributed by atoms with Crippen molar-refractivity contribution in [1.82, 2.24) is 30.0 Å². The van der Waals surface area contributed by atoms with Gasteiger partial charge in [0.15, 0.2) is 5.82 Å². The van der Waals surface area contributed by atoms with E-state index < -0.39 is 0 Å². The Bertz CT molecular complexity index is 925. The number of pyridine rings is 1. The summed E-state index contributed by atoms with van der Waals surface area (Å²) in [5.74, 6) is 2.50. The SMILES string of the molecule is CC(C)CNC(=O)c1cn(-c2cc(-c3nc(C4CC4)no3)ccn2)cn1. The minimum Gasteiger partial charge on any atom is -0.350 e. The van der Waals surface area contributed by atoms with E-state index in [4.69, 9.17) is 4.52 Å². The first-order valence-electron chi connectivity index (χ1n) is 8.72. The Morgan fingerprint density at radius 3 is 3.00 bits per heavy atom. The molecule has 26 heavy (non-hydrogen) atoms. The maximum absolute atomic E-state index is 12.1. The van der Waals surface area contributed by atoms with Crippen molar-refractivity contribution in [3.8, 4) is 17.3 Å². The lowest BCUT2D eigenvalue weighted by Gasteiger charge is -2.05. The molecule has 0 bridgehead atoms. The van der Waals surface area contributed by atoms with E-state index in [1.165, 1.54) is 0 Å². The molecule has 1 amide bonds. The van der Waals surface area contributed by atoms with E-state index in [9.17, 15) is 4.79 Å². The average molecular weight is 352 g/mol. The van der Waals surface area contributed by atoms with Crippen molar-refractivity contribution >= 4 is 5.91 Å². The number of nitrogens with one attached hydrogen (secondary N) is 1. The van der Waals surface area contributed by atoms with E-state index in [0.29, 0.717) is 35.8 Å². The summed E-state index contributed by atoms with van der Waals surface area (Å²) >= 11 is 0. The third kappa shape index (κ3) is 3.49. The first kappa shape index (κ1) is 16.4. The zero-order chi connectivity index (χ0) is 18.1. The van der Waals surface area contributed by atoms with E-state index in [0.717, 1.165) is 24.2 Å². The van der Waals surface area contributed by atoms with Crippen LogP contribution in [0.4, 0.5) is 0 Å². The first-order valence-corrected chi connectivity index (χ1v) is 8.72. The highest BCUT2D eigenvalue weighted by atomic mass is 16.5. The van der Waals surface area contributed by atoms with Crippen molar-refractivity contribution in [3.63, 3.8) is 0 Å². The molecule has 1 aliphatic carbocycles. The number of aromatic nitrogens is 5. The van der Waals surface area contributed by atoms with Crippen LogP contribution in [0.2, 0.25) is 0 Å². The number of hydrogen-bond acceptors (Lipinski definition) is 6. The van der Waals surface area contributed by atoms with Crippen molar-refractivity contribution in [2.24, 2.45) is 5.92 Å². The molecule has 8 heteroatoms. The van der Waals surface area contributed by atoms with Crippen LogP contribution in [0.3, 0.4) is 0 Å². The molecule has 0 atom stereocenters. The van der Waals surface area contributed by atoms with Gasteiger partial charge >= 0.3 is 0 Å². The maximum atomic E-state index is 12.1. The molecule has 0 unspecified atom stereocenters. The summed E-state index contributed by atoms with van der Waals surface area (Å²) in [5.41, 5.74) is 1.14. The quantitative estimate of drug-likeness (QED) is 0.732. The van der Waals surface area contributed by atoms with Crippen molar-refractivity contribution < 1.29 is 9.32 Å². The minimum atomic E-state index is -0.195. The molecule has 0 aromatic carbocycles. The third-order valence-electron chi connectivity index (χ3n) is 4.13. The highest BCUT2D eigenvalue weighted by molar-refractivity contribution is 5.92. The molecule has 0 aliphatic heterocycles. The lowest BCUT2D eigenvalue weighted by Crippen LogP contribution is -2.27. The summed E-state index contributed by atoms with van der Waals surface area (Å²) in [6.07, 6.45) is 7.14. The van der Waals surface area contributed by atoms with E-state index >= 15 is 0 Å². The molecule has 4 rings (SSSR count). The molecular formula is C18H20N6O2. The molecule has 8 nitrogen and oxygen atoms in total. The summed E-state index contributed by atoms with van der Waals surface area (Å²) in [7, 11) is 0. The zero-order valence-electron chi connectivity index (χ0n) is 14.7. The van der Waals surface area contributed by atoms with E-state index in [1.54, 1.807) is 23.3 Å². The van der Waals surface area contributed by atoms with Gasteiger partial charge in [-0.3, -0.25) is 9.36 Å². The Morgan fingerprint density at radius 2 is 2.23 bits per heavy atom. The van der Waals surface area contributed by atoms with Gasteiger partial charge in [0, 0.05) is 30.4 Å². The molecule has 134 valence electrons. The summed E-state index contributed by atoms with van der Waals surface area (Å²) in [6, 6.07) is 3.66. The van der Waals surface area contributed by atoms with Gasteiger partial charge in [-0.25, -0.2) is 9.97 Å². The Labute approximate surface area is 150 Å². The van der Waals surface area contributed by atoms with Gasteiger partial charge in [-0.05, 0) is 30.9 Å². The normalized spacial score (nSPS) is 14.0. The number of rotatable bonds is 6. The standard InChI is InChI=1S/C18H20N6O2/c1-11(2)8-20-17(25)14-9-24(10-21-14)15-7-13(5-6-19-15)18-22-16(23-26-18)12-3-4-12/h5-7,9-12H,3-4,8H2,1-2H3,(H,20,25). The highest BCUT2D eigenvalue weighted by Crippen LogP contribution is 2.38. The smallest absolute Gasteiger partial charge is 0.271 e. The van der Waals surface area contributed by atoms with Crippen LogP contribution in [0.15, 0.2) is 35.4 Å². The molecule has 3 heterocycles. The van der Waals surface area contributed by atoms with Gasteiger partial charge < -0.3 is 9.84 Å². The van der Waals surface area contributed by atoms with E-state index in [-0.39, 0.29) is 5.91 Å². The lowest BCUT2D eigenvalue weighted by molar-refractivity contribution is 0.0944. The van der Waals surface area contributed by atoms with E-state index in [1.807, 2.05) is 26.0 Å². The van der Waals surface area contributed by atoms with Gasteiger partial charge in [0.1, 0.15) is 17.8 Å². The van der Waals surface area contributed by atoms with Crippen LogP contribution >= 0.6 is 0 Å². The summed E-state index contributed by atoms with van der Waals surface area (Å²) in [6.45, 7) is 4.70. The third-order valence-corrected chi connectivity index (χ3v) is 4.13. The molecule has 3 aromatic rings. The van der Waals surface area contributed by atoms with Crippen LogP contribution in [0.5, 0.6) is 0 Å². The summed E-state index contributed by atoms with van der Waals surface area (Å²) in [5, 5.41) is 6.89. The summed E-state index contributed by atoms with van der Waals surface area (Å²) < 4.78 is 7.06. The van der Waals surface area contributed by atoms with Crippen LogP contribution in [0.25, 0.3) is 17.3 Å². The van der Waals surface area contributed by atoms with Gasteiger partial charge in [-0.2, -0.15) is 4.98 Å². The molecule has 1 aliphatic rings. The average Bonchev–Trinajstić information content (AvgIpc) is 3.18. The number of imidazole rings is 1. The van der Waals surface area contributed by atoms with Crippen molar-refractivity contribution in [1.29, 1.82) is 0 Å². The second kappa shape index (κ2) is 6.70. The first-order chi connectivity index (χ1) is 12.6. The number of nitrogens with zero attached hydrogens (tertiary/aromatic N) is 5. The van der Waals surface area contributed by atoms with Gasteiger partial charge in [0.05, 0.1) is 0 Å². The van der Waals surface area contributed by atoms with Crippen molar-refractivity contribution in [2.45, 2.75) is 32.6 Å². The fourth-order valence-corrected chi connectivity index (χ4v) is 2.50. The number of hydrogen-bond donors (Lipinski definition) is 1. The van der Waals surface area contributed by atoms with Crippen LogP contribution < -0.4 is 5.32 Å². The van der Waals surface area contributed by atoms with Gasteiger partial charge in [-0.15, -0.1) is 0 Å². The molecule has 0 spiro atoms. The Balaban J connectivity index is 1.53. The van der Waals surface area contributed by atoms with E-state index in [2.05, 4.69) is 25.4 Å². The largest absolute Gasteiger partial charge is 0.350 e. The van der Waals surface area contributed by atoms with Gasteiger partial charge in [0.25, 0.3) is 11.8 Å². The minimum absolute atomic E-state index is 0.195. The number of amides is 1. The number of carbonyl (C=O) groups is 1. The fraction of sp³-hybridized carbons (Fsp3) is 0.389. The Hall–Kier alpha value is -3.03. The maximum Gasteiger partial charge on any atom is 0.271 e. The number of carbonyl (C=O) groups excluding carboxylic acids is 1. The molecule has 1 N–H and O–H groups in total. The van der Waals surface area contributed by atoms with Crippen LogP contribution in [-0.4, -0.2) is 37.1 Å². The second-order valence-corrected chi connectivity index (χ2v) is 6.90. The van der Waals surface area contributed by atoms with Gasteiger partial charge in [-0.1, -0.05) is 19.0 Å². The second-order valence-electron chi connectivity index (χ2n) is 6.90. The Morgan fingerprint density at radius 1 is 1.38 bits per heavy atom. The summed E-state index contributed by atoms with van der Waals surface area (Å²) in [4.78, 5) is 25.1. The monoisotopic (exact) mass is 352 g/mol. The van der Waals surface area contributed by atoms with Crippen molar-refractivity contribution in [2.75, 3.05) is 6.54 Å². The molecular weight excluding hydrogens is 332 g/mol. The van der Waals surface area contributed by atoms with Crippen LogP contribution in [-0.2, 0) is 0 Å². The molecule has 0 radical (unpaired) electrons. The molecule has 1 fully saturated rings. The Kier molecular flexibility index (Phi) is 4.24. The van der Waals surface area contributed by atoms with Crippen LogP contribution in [0.1, 0.15) is 48.9 Å². The van der Waals surface area contributed by atoms with Crippen molar-refractivity contribution in [3.05, 3.63) is 42.4 Å². The van der Waals surface area contributed by atoms with Gasteiger partial charge in [0.2, 0.25) is 0 Å². The zero-order valence-corrected chi connectivity index (χ0v) is 14.7. The molecule has 1 saturated carbocycles. The van der Waals surface area contributed by atoms with Crippen LogP contribution in [0, 0.1) is 5.92 Å². The predicted octanol–water partition coefficient (Wildman–Crippen LogP) is 2.58. The topological polar surface area (TPSA) is 98.7 Å². The fourth-order valence-electron chi connectivity index (χ4n) is 2.50. The molecule has 0 saturated heterocycles. The predicted molar refractivity (Wildman–Crippen MR) is 93.8 cm³/mol. The molecule has 3 aromatic heterocycles. The lowest BCUT2D eigenvalue weighted by atomic mass is 10.2. The highest BCUT2D eigenvalue weighted by Gasteiger charge is 2.29.